The van der Waals surface area contributed by atoms with Crippen LogP contribution in [0.5, 0.6) is 11.5 Å². The lowest BCUT2D eigenvalue weighted by molar-refractivity contribution is 0.415. The second kappa shape index (κ2) is 10.2. The number of fused-ring (bicyclic) bond motifs is 1. The molecule has 3 N–H and O–H groups in total. The highest BCUT2D eigenvalue weighted by atomic mass is 16.5. The molecule has 0 aliphatic heterocycles. The van der Waals surface area contributed by atoms with Gasteiger partial charge in [0.15, 0.2) is 0 Å². The van der Waals surface area contributed by atoms with Crippen molar-refractivity contribution in [2.45, 2.75) is 25.7 Å². The highest BCUT2D eigenvalue weighted by Crippen LogP contribution is 2.32. The molecule has 4 aromatic rings. The standard InChI is InChI=1S/C27H30N2O2/c1-31-23-9-6-8-21(19-23)27-25(24-10-2-3-11-26(24)29-27)16-18-28-17-5-4-7-20-12-14-22(30)15-13-20/h2-3,6,8-15,19,28-30H,4-5,7,16-18H2,1H3. The van der Waals surface area contributed by atoms with Crippen LogP contribution in [0.15, 0.2) is 72.8 Å². The summed E-state index contributed by atoms with van der Waals surface area (Å²) in [7, 11) is 1.71. The maximum Gasteiger partial charge on any atom is 0.119 e. The van der Waals surface area contributed by atoms with Crippen molar-refractivity contribution in [1.29, 1.82) is 0 Å². The van der Waals surface area contributed by atoms with Crippen LogP contribution in [-0.2, 0) is 12.8 Å². The van der Waals surface area contributed by atoms with Crippen molar-refractivity contribution in [1.82, 2.24) is 10.3 Å². The Bertz CT molecular complexity index is 1120. The molecule has 4 rings (SSSR count). The molecule has 1 aromatic heterocycles. The third-order valence-corrected chi connectivity index (χ3v) is 5.73. The van der Waals surface area contributed by atoms with Gasteiger partial charge in [-0.1, -0.05) is 42.5 Å². The van der Waals surface area contributed by atoms with Gasteiger partial charge in [-0.2, -0.15) is 0 Å². The van der Waals surface area contributed by atoms with Crippen LogP contribution in [-0.4, -0.2) is 30.3 Å². The first-order valence-electron chi connectivity index (χ1n) is 11.0. The number of phenolic OH excluding ortho intramolecular Hbond substituents is 1. The number of unbranched alkanes of at least 4 members (excludes halogenated alkanes) is 1. The summed E-state index contributed by atoms with van der Waals surface area (Å²) in [5, 5.41) is 14.3. The normalized spacial score (nSPS) is 11.1. The van der Waals surface area contributed by atoms with Gasteiger partial charge < -0.3 is 20.1 Å². The Balaban J connectivity index is 1.35. The van der Waals surface area contributed by atoms with Gasteiger partial charge in [-0.25, -0.2) is 0 Å². The number of phenols is 1. The summed E-state index contributed by atoms with van der Waals surface area (Å²) < 4.78 is 5.43. The monoisotopic (exact) mass is 414 g/mol. The van der Waals surface area contributed by atoms with Crippen molar-refractivity contribution in [2.24, 2.45) is 0 Å². The number of rotatable bonds is 10. The average molecular weight is 415 g/mol. The van der Waals surface area contributed by atoms with Crippen molar-refractivity contribution >= 4 is 10.9 Å². The number of aromatic nitrogens is 1. The summed E-state index contributed by atoms with van der Waals surface area (Å²) in [6.45, 7) is 1.95. The molecule has 4 heteroatoms. The fraction of sp³-hybridized carbons (Fsp3) is 0.259. The summed E-state index contributed by atoms with van der Waals surface area (Å²) in [5.41, 5.74) is 6.12. The molecule has 160 valence electrons. The maximum absolute atomic E-state index is 9.37. The predicted octanol–water partition coefficient (Wildman–Crippen LogP) is 5.70. The number of hydrogen-bond acceptors (Lipinski definition) is 3. The first-order chi connectivity index (χ1) is 15.2. The third-order valence-electron chi connectivity index (χ3n) is 5.73. The highest BCUT2D eigenvalue weighted by molar-refractivity contribution is 5.91. The summed E-state index contributed by atoms with van der Waals surface area (Å²) in [6.07, 6.45) is 4.29. The lowest BCUT2D eigenvalue weighted by atomic mass is 10.0. The minimum atomic E-state index is 0.330. The van der Waals surface area contributed by atoms with E-state index in [4.69, 9.17) is 4.74 Å². The highest BCUT2D eigenvalue weighted by Gasteiger charge is 2.13. The molecule has 3 aromatic carbocycles. The number of ether oxygens (including phenoxy) is 1. The minimum absolute atomic E-state index is 0.330. The molecule has 0 unspecified atom stereocenters. The quantitative estimate of drug-likeness (QED) is 0.292. The van der Waals surface area contributed by atoms with Gasteiger partial charge in [-0.3, -0.25) is 0 Å². The van der Waals surface area contributed by atoms with Crippen molar-refractivity contribution < 1.29 is 9.84 Å². The van der Waals surface area contributed by atoms with Crippen LogP contribution in [0.2, 0.25) is 0 Å². The van der Waals surface area contributed by atoms with Crippen LogP contribution >= 0.6 is 0 Å². The van der Waals surface area contributed by atoms with Gasteiger partial charge in [0.1, 0.15) is 11.5 Å². The lowest BCUT2D eigenvalue weighted by Gasteiger charge is -2.09. The van der Waals surface area contributed by atoms with E-state index in [2.05, 4.69) is 46.7 Å². The molecular formula is C27H30N2O2. The van der Waals surface area contributed by atoms with Crippen LogP contribution in [0, 0.1) is 0 Å². The van der Waals surface area contributed by atoms with Gasteiger partial charge in [-0.15, -0.1) is 0 Å². The minimum Gasteiger partial charge on any atom is -0.508 e. The molecule has 0 saturated heterocycles. The zero-order valence-corrected chi connectivity index (χ0v) is 18.0. The number of benzene rings is 3. The predicted molar refractivity (Wildman–Crippen MR) is 128 cm³/mol. The number of aryl methyl sites for hydroxylation is 1. The first kappa shape index (κ1) is 21.0. The fourth-order valence-electron chi connectivity index (χ4n) is 4.06. The molecule has 0 fully saturated rings. The van der Waals surface area contributed by atoms with Crippen LogP contribution in [0.3, 0.4) is 0 Å². The first-order valence-corrected chi connectivity index (χ1v) is 11.0. The molecule has 0 aliphatic rings. The summed E-state index contributed by atoms with van der Waals surface area (Å²) in [5.74, 6) is 1.20. The Labute approximate surface area is 183 Å². The second-order valence-electron chi connectivity index (χ2n) is 7.88. The van der Waals surface area contributed by atoms with E-state index in [1.165, 1.54) is 27.7 Å². The molecule has 0 saturated carbocycles. The second-order valence-corrected chi connectivity index (χ2v) is 7.88. The van der Waals surface area contributed by atoms with E-state index < -0.39 is 0 Å². The molecule has 4 nitrogen and oxygen atoms in total. The van der Waals surface area contributed by atoms with Gasteiger partial charge in [0, 0.05) is 22.2 Å². The van der Waals surface area contributed by atoms with E-state index in [0.717, 1.165) is 50.1 Å². The Morgan fingerprint density at radius 2 is 1.71 bits per heavy atom. The van der Waals surface area contributed by atoms with Gasteiger partial charge in [0.05, 0.1) is 7.11 Å². The summed E-state index contributed by atoms with van der Waals surface area (Å²) >= 11 is 0. The third kappa shape index (κ3) is 5.28. The van der Waals surface area contributed by atoms with E-state index >= 15 is 0 Å². The molecular weight excluding hydrogens is 384 g/mol. The molecule has 0 aliphatic carbocycles. The Morgan fingerprint density at radius 3 is 2.55 bits per heavy atom. The van der Waals surface area contributed by atoms with Crippen molar-refractivity contribution in [2.75, 3.05) is 20.2 Å². The molecule has 0 spiro atoms. The van der Waals surface area contributed by atoms with Crippen molar-refractivity contribution in [3.05, 3.63) is 83.9 Å². The molecule has 1 heterocycles. The van der Waals surface area contributed by atoms with Crippen molar-refractivity contribution in [3.8, 4) is 22.8 Å². The smallest absolute Gasteiger partial charge is 0.119 e. The summed E-state index contributed by atoms with van der Waals surface area (Å²) in [6, 6.07) is 24.3. The number of nitrogens with one attached hydrogen (secondary N) is 2. The number of para-hydroxylation sites is 1. The number of aromatic amines is 1. The summed E-state index contributed by atoms with van der Waals surface area (Å²) in [4.78, 5) is 3.61. The Kier molecular flexibility index (Phi) is 6.90. The van der Waals surface area contributed by atoms with E-state index in [1.807, 2.05) is 24.3 Å². The topological polar surface area (TPSA) is 57.3 Å². The Hall–Kier alpha value is -3.24. The van der Waals surface area contributed by atoms with E-state index in [-0.39, 0.29) is 0 Å². The maximum atomic E-state index is 9.37. The molecule has 0 atom stereocenters. The van der Waals surface area contributed by atoms with E-state index in [1.54, 1.807) is 19.2 Å². The molecule has 0 amide bonds. The van der Waals surface area contributed by atoms with Gasteiger partial charge in [0.25, 0.3) is 0 Å². The average Bonchev–Trinajstić information content (AvgIpc) is 3.18. The largest absolute Gasteiger partial charge is 0.508 e. The molecule has 0 radical (unpaired) electrons. The number of H-pyrrole nitrogens is 1. The van der Waals surface area contributed by atoms with E-state index in [9.17, 15) is 5.11 Å². The Morgan fingerprint density at radius 1 is 0.871 bits per heavy atom. The zero-order chi connectivity index (χ0) is 21.5. The van der Waals surface area contributed by atoms with Crippen LogP contribution < -0.4 is 10.1 Å². The lowest BCUT2D eigenvalue weighted by Crippen LogP contribution is -2.18. The van der Waals surface area contributed by atoms with Gasteiger partial charge in [-0.05, 0) is 80.2 Å². The van der Waals surface area contributed by atoms with Crippen LogP contribution in [0.4, 0.5) is 0 Å². The van der Waals surface area contributed by atoms with Crippen molar-refractivity contribution in [3.63, 3.8) is 0 Å². The SMILES string of the molecule is COc1cccc(-c2[nH]c3ccccc3c2CCNCCCCc2ccc(O)cc2)c1. The van der Waals surface area contributed by atoms with E-state index in [0.29, 0.717) is 5.75 Å². The fourth-order valence-corrected chi connectivity index (χ4v) is 4.06. The molecule has 0 bridgehead atoms. The molecule has 31 heavy (non-hydrogen) atoms. The van der Waals surface area contributed by atoms with Gasteiger partial charge in [0.2, 0.25) is 0 Å². The number of methoxy groups -OCH3 is 1. The number of hydrogen-bond donors (Lipinski definition) is 3. The van der Waals surface area contributed by atoms with Gasteiger partial charge >= 0.3 is 0 Å². The zero-order valence-electron chi connectivity index (χ0n) is 18.0. The van der Waals surface area contributed by atoms with Crippen LogP contribution in [0.25, 0.3) is 22.2 Å². The number of aromatic hydroxyl groups is 1. The van der Waals surface area contributed by atoms with Crippen LogP contribution in [0.1, 0.15) is 24.0 Å².